The van der Waals surface area contributed by atoms with E-state index in [0.717, 1.165) is 32.2 Å². The van der Waals surface area contributed by atoms with Crippen LogP contribution in [0.1, 0.15) is 82.2 Å². The van der Waals surface area contributed by atoms with Gasteiger partial charge in [0.2, 0.25) is 0 Å². The number of pyridine rings is 2. The van der Waals surface area contributed by atoms with Crippen LogP contribution in [0.4, 0.5) is 38.0 Å². The Labute approximate surface area is 517 Å². The van der Waals surface area contributed by atoms with Crippen molar-refractivity contribution >= 4 is 86.8 Å². The second kappa shape index (κ2) is 21.1. The molecule has 88 heavy (non-hydrogen) atoms. The number of hydrogen-bond donors (Lipinski definition) is 4. The van der Waals surface area contributed by atoms with E-state index in [1.807, 2.05) is 9.80 Å². The Morgan fingerprint density at radius 2 is 1.30 bits per heavy atom. The maximum absolute atomic E-state index is 18.0. The number of benzene rings is 4. The van der Waals surface area contributed by atoms with Gasteiger partial charge < -0.3 is 39.7 Å². The number of ether oxygens (including phenoxy) is 2. The summed E-state index contributed by atoms with van der Waals surface area (Å²) in [4.78, 5) is 36.5. The first kappa shape index (κ1) is 56.8. The average Bonchev–Trinajstić information content (AvgIpc) is 1.56. The summed E-state index contributed by atoms with van der Waals surface area (Å²) in [5.74, 6) is -2.58. The minimum Gasteiger partial charge on any atom is -0.508 e. The molecule has 6 saturated heterocycles. The van der Waals surface area contributed by atoms with Gasteiger partial charge in [0.15, 0.2) is 11.6 Å². The van der Waals surface area contributed by atoms with Crippen LogP contribution in [-0.4, -0.2) is 154 Å². The normalized spacial score (nSPS) is 29.4. The Hall–Kier alpha value is -6.44. The molecule has 0 amide bonds. The van der Waals surface area contributed by atoms with Crippen LogP contribution in [0.5, 0.6) is 23.5 Å². The number of phenolic OH excluding ortho intramolecular Hbond substituents is 2. The average molecular weight is 1340 g/mol. The molecule has 6 aliphatic heterocycles. The monoisotopic (exact) mass is 1340 g/mol. The number of piperidine rings is 1. The fourth-order valence-electron chi connectivity index (χ4n) is 17.0. The zero-order valence-corrected chi connectivity index (χ0v) is 50.6. The van der Waals surface area contributed by atoms with Gasteiger partial charge in [-0.15, -0.1) is 0 Å². The molecule has 8 fully saturated rings. The molecular weight excluding hydrogens is 1280 g/mol. The lowest BCUT2D eigenvalue weighted by molar-refractivity contribution is 0.0848. The number of aliphatic hydroxyl groups excluding tert-OH is 2. The molecule has 24 heteroatoms. The van der Waals surface area contributed by atoms with Gasteiger partial charge in [-0.3, -0.25) is 19.8 Å². The smallest absolute Gasteiger partial charge is 0.319 e. The van der Waals surface area contributed by atoms with Crippen LogP contribution in [0, 0.1) is 41.0 Å². The van der Waals surface area contributed by atoms with Crippen molar-refractivity contribution in [1.29, 1.82) is 0 Å². The molecule has 2 saturated carbocycles. The molecule has 16 rings (SSSR count). The SMILES string of the molecule is Oc1cc(-c2ncc3c(N4CC5CC(O)C(C5)C4)nc(OC[C@@]45CCC(c6cc(F)c(Br)c7c(-c8ncc9c(N%10CC%11CC(O)CC%10C%11)nc(OC[C@@]%10%11CCCN%10C[C@H](F)C%11)nc9c8F)cc(O)cc67)N4C[C@H](F)C5)nc3c2F)c2c(Br)c(F)ccc2c1. The summed E-state index contributed by atoms with van der Waals surface area (Å²) in [6, 6.07) is 8.52. The molecule has 10 heterocycles. The van der Waals surface area contributed by atoms with Crippen molar-refractivity contribution in [2.75, 3.05) is 62.3 Å². The van der Waals surface area contributed by atoms with Crippen LogP contribution in [0.2, 0.25) is 0 Å². The Balaban J connectivity index is 0.760. The zero-order valence-electron chi connectivity index (χ0n) is 47.4. The fourth-order valence-corrected chi connectivity index (χ4v) is 18.2. The van der Waals surface area contributed by atoms with Crippen LogP contribution in [0.25, 0.3) is 65.9 Å². The van der Waals surface area contributed by atoms with Gasteiger partial charge >= 0.3 is 12.0 Å². The molecule has 0 radical (unpaired) electrons. The van der Waals surface area contributed by atoms with E-state index in [1.54, 1.807) is 0 Å². The first-order chi connectivity index (χ1) is 42.4. The fraction of sp³-hybridized carbons (Fsp3) is 0.469. The Kier molecular flexibility index (Phi) is 13.6. The molecule has 7 unspecified atom stereocenters. The van der Waals surface area contributed by atoms with Gasteiger partial charge in [0.1, 0.15) is 82.7 Å². The number of alkyl halides is 2. The largest absolute Gasteiger partial charge is 0.508 e. The second-order valence-electron chi connectivity index (χ2n) is 26.1. The van der Waals surface area contributed by atoms with Crippen LogP contribution in [0.15, 0.2) is 63.8 Å². The summed E-state index contributed by atoms with van der Waals surface area (Å²) >= 11 is 6.81. The van der Waals surface area contributed by atoms with Crippen LogP contribution in [0.3, 0.4) is 0 Å². The van der Waals surface area contributed by atoms with E-state index in [4.69, 9.17) is 24.4 Å². The van der Waals surface area contributed by atoms with Crippen molar-refractivity contribution in [3.63, 3.8) is 0 Å². The molecule has 2 aliphatic carbocycles. The van der Waals surface area contributed by atoms with Gasteiger partial charge in [-0.05, 0) is 161 Å². The Morgan fingerprint density at radius 1 is 0.636 bits per heavy atom. The number of aromatic nitrogens is 6. The zero-order chi connectivity index (χ0) is 60.4. The maximum atomic E-state index is 18.0. The standard InChI is InChI=1S/C64H60Br2F6N10O6/c65-51-45(69)3-2-31-12-37(84)15-41(49(31)51)55-53(71)57-43(20-73-55)59(79-22-29-8-32(24-79)48(86)11-29)77-61(75-57)88-28-64-6-4-47(82(64)26-34(68)19-64)39-17-46(70)52(66)50-40(39)14-38(85)16-42(50)56-54(72)58-44(21-74-56)60(81-23-30-9-35(81)13-36(83)10-30)78-62(76-58)87-27-63-5-1-7-80(63)25-33(67)18-63/h2-3,12,14-17,20-21,29-30,32-36,47-48,83-86H,1,4-11,13,18-19,22-28H2/t29?,30?,32?,33-,34-,35?,36?,47?,48?,63+,64+/m1/s1. The lowest BCUT2D eigenvalue weighted by Gasteiger charge is -2.35. The molecule has 0 spiro atoms. The molecule has 4 aromatic carbocycles. The predicted octanol–water partition coefficient (Wildman–Crippen LogP) is 11.7. The minimum atomic E-state index is -1.35. The molecule has 11 atom stereocenters. The van der Waals surface area contributed by atoms with Crippen molar-refractivity contribution in [3.05, 3.63) is 92.6 Å². The molecule has 16 nitrogen and oxygen atoms in total. The van der Waals surface area contributed by atoms with E-state index in [0.29, 0.717) is 98.1 Å². The number of rotatable bonds is 11. The van der Waals surface area contributed by atoms with Crippen molar-refractivity contribution in [2.24, 2.45) is 17.8 Å². The Bertz CT molecular complexity index is 4240. The number of fused-ring (bicyclic) bond motifs is 10. The summed E-state index contributed by atoms with van der Waals surface area (Å²) < 4.78 is 112. The highest BCUT2D eigenvalue weighted by atomic mass is 79.9. The molecule has 4 N–H and O–H groups in total. The number of halogens is 8. The number of aliphatic hydroxyl groups is 2. The number of nitrogens with zero attached hydrogens (tertiary/aromatic N) is 10. The first-order valence-electron chi connectivity index (χ1n) is 30.3. The van der Waals surface area contributed by atoms with Gasteiger partial charge in [0.05, 0.1) is 43.0 Å². The van der Waals surface area contributed by atoms with E-state index >= 15 is 22.0 Å². The predicted molar refractivity (Wildman–Crippen MR) is 323 cm³/mol. The van der Waals surface area contributed by atoms with Crippen LogP contribution in [-0.2, 0) is 0 Å². The van der Waals surface area contributed by atoms with Gasteiger partial charge in [-0.2, -0.15) is 19.9 Å². The summed E-state index contributed by atoms with van der Waals surface area (Å²) in [5, 5.41) is 46.0. The van der Waals surface area contributed by atoms with Gasteiger partial charge in [0.25, 0.3) is 0 Å². The molecule has 8 aliphatic rings. The number of phenols is 2. The summed E-state index contributed by atoms with van der Waals surface area (Å²) in [6.07, 6.45) is 5.55. The molecule has 458 valence electrons. The quantitative estimate of drug-likeness (QED) is 0.0894. The molecule has 4 bridgehead atoms. The third-order valence-corrected chi connectivity index (χ3v) is 22.3. The van der Waals surface area contributed by atoms with Crippen molar-refractivity contribution in [1.82, 2.24) is 39.7 Å². The summed E-state index contributed by atoms with van der Waals surface area (Å²) in [7, 11) is 0. The number of anilines is 2. The van der Waals surface area contributed by atoms with Crippen molar-refractivity contribution in [3.8, 4) is 46.0 Å². The van der Waals surface area contributed by atoms with E-state index in [2.05, 4.69) is 56.6 Å². The minimum absolute atomic E-state index is 0.0139. The first-order valence-corrected chi connectivity index (χ1v) is 31.9. The lowest BCUT2D eigenvalue weighted by Crippen LogP contribution is -2.44. The van der Waals surface area contributed by atoms with E-state index in [1.165, 1.54) is 54.9 Å². The summed E-state index contributed by atoms with van der Waals surface area (Å²) in [5.41, 5.74) is -1.79. The number of aromatic hydroxyl groups is 2. The third kappa shape index (κ3) is 9.16. The van der Waals surface area contributed by atoms with E-state index in [-0.39, 0.29) is 132 Å². The van der Waals surface area contributed by atoms with Gasteiger partial charge in [0, 0.05) is 97.9 Å². The molecular formula is C64H60Br2F6N10O6. The lowest BCUT2D eigenvalue weighted by atomic mass is 9.88. The van der Waals surface area contributed by atoms with E-state index < -0.39 is 64.9 Å². The van der Waals surface area contributed by atoms with Crippen molar-refractivity contribution < 1.29 is 56.2 Å². The van der Waals surface area contributed by atoms with Crippen LogP contribution < -0.4 is 19.3 Å². The van der Waals surface area contributed by atoms with Gasteiger partial charge in [-0.25, -0.2) is 26.3 Å². The highest BCUT2D eigenvalue weighted by Gasteiger charge is 2.55. The van der Waals surface area contributed by atoms with Gasteiger partial charge in [-0.1, -0.05) is 6.07 Å². The molecule has 4 aromatic heterocycles. The van der Waals surface area contributed by atoms with Crippen LogP contribution >= 0.6 is 31.9 Å². The second-order valence-corrected chi connectivity index (χ2v) is 27.7. The van der Waals surface area contributed by atoms with Crippen molar-refractivity contribution in [2.45, 2.75) is 118 Å². The summed E-state index contributed by atoms with van der Waals surface area (Å²) in [6.45, 7) is 2.38. The highest BCUT2D eigenvalue weighted by molar-refractivity contribution is 9.11. The Morgan fingerprint density at radius 3 is 2.05 bits per heavy atom. The highest BCUT2D eigenvalue weighted by Crippen LogP contribution is 2.54. The maximum Gasteiger partial charge on any atom is 0.319 e. The van der Waals surface area contributed by atoms with E-state index in [9.17, 15) is 24.8 Å². The topological polar surface area (TPSA) is 190 Å². The third-order valence-electron chi connectivity index (χ3n) is 20.8. The number of hydrogen-bond acceptors (Lipinski definition) is 16. The molecule has 8 aromatic rings.